The van der Waals surface area contributed by atoms with E-state index < -0.39 is 0 Å². The van der Waals surface area contributed by atoms with Crippen LogP contribution in [0, 0.1) is 13.8 Å². The Morgan fingerprint density at radius 1 is 1.03 bits per heavy atom. The highest BCUT2D eigenvalue weighted by Gasteiger charge is 2.19. The van der Waals surface area contributed by atoms with Crippen LogP contribution in [-0.2, 0) is 6.42 Å². The Labute approximate surface area is 170 Å². The molecule has 2 heterocycles. The topological polar surface area (TPSA) is 60.1 Å². The molecule has 0 bridgehead atoms. The fraction of sp³-hybridized carbons (Fsp3) is 0.167. The Bertz CT molecular complexity index is 1110. The number of aryl methyl sites for hydroxylation is 2. The number of benzene rings is 2. The molecule has 0 atom stereocenters. The summed E-state index contributed by atoms with van der Waals surface area (Å²) in [7, 11) is 0. The number of carbonyl (C=O) groups is 1. The molecule has 146 valence electrons. The summed E-state index contributed by atoms with van der Waals surface area (Å²) >= 11 is 0. The third-order valence-corrected chi connectivity index (χ3v) is 4.85. The van der Waals surface area contributed by atoms with Gasteiger partial charge in [0.25, 0.3) is 5.91 Å². The summed E-state index contributed by atoms with van der Waals surface area (Å²) in [6.07, 6.45) is 2.38. The number of amides is 1. The Balaban J connectivity index is 1.64. The molecule has 0 aliphatic heterocycles. The van der Waals surface area contributed by atoms with E-state index in [4.69, 9.17) is 4.42 Å². The van der Waals surface area contributed by atoms with E-state index in [1.807, 2.05) is 56.3 Å². The van der Waals surface area contributed by atoms with Gasteiger partial charge in [0.1, 0.15) is 11.4 Å². The molecule has 0 spiro atoms. The normalized spacial score (nSPS) is 10.8. The molecule has 0 radical (unpaired) electrons. The SMILES string of the molecule is Cc1ccc(C)c(-n2nc(-c3ccco3)cc2C(=O)NCCc2ccccc2)c1. The Morgan fingerprint density at radius 2 is 1.86 bits per heavy atom. The van der Waals surface area contributed by atoms with Crippen LogP contribution in [0.3, 0.4) is 0 Å². The molecule has 29 heavy (non-hydrogen) atoms. The van der Waals surface area contributed by atoms with Crippen molar-refractivity contribution < 1.29 is 9.21 Å². The van der Waals surface area contributed by atoms with E-state index in [-0.39, 0.29) is 5.91 Å². The second-order valence-corrected chi connectivity index (χ2v) is 7.09. The molecule has 0 aliphatic rings. The van der Waals surface area contributed by atoms with E-state index >= 15 is 0 Å². The molecular weight excluding hydrogens is 362 g/mol. The van der Waals surface area contributed by atoms with Gasteiger partial charge in [-0.2, -0.15) is 5.10 Å². The predicted molar refractivity (Wildman–Crippen MR) is 113 cm³/mol. The zero-order valence-electron chi connectivity index (χ0n) is 16.6. The summed E-state index contributed by atoms with van der Waals surface area (Å²) < 4.78 is 7.20. The standard InChI is InChI=1S/C24H23N3O2/c1-17-10-11-18(2)21(15-17)27-22(16-20(26-27)23-9-6-14-29-23)24(28)25-13-12-19-7-4-3-5-8-19/h3-11,14-16H,12-13H2,1-2H3,(H,25,28). The number of furan rings is 1. The molecule has 0 saturated carbocycles. The molecule has 2 aromatic carbocycles. The smallest absolute Gasteiger partial charge is 0.270 e. The maximum atomic E-state index is 13.0. The number of hydrogen-bond donors (Lipinski definition) is 1. The summed E-state index contributed by atoms with van der Waals surface area (Å²) in [5.41, 5.74) is 5.34. The first kappa shape index (κ1) is 18.7. The lowest BCUT2D eigenvalue weighted by Crippen LogP contribution is -2.28. The highest BCUT2D eigenvalue weighted by Crippen LogP contribution is 2.24. The minimum Gasteiger partial charge on any atom is -0.463 e. The maximum Gasteiger partial charge on any atom is 0.270 e. The number of aromatic nitrogens is 2. The van der Waals surface area contributed by atoms with Crippen LogP contribution in [0.5, 0.6) is 0 Å². The molecule has 2 aromatic heterocycles. The first-order chi connectivity index (χ1) is 14.1. The van der Waals surface area contributed by atoms with E-state index in [2.05, 4.69) is 28.6 Å². The van der Waals surface area contributed by atoms with Gasteiger partial charge in [-0.25, -0.2) is 4.68 Å². The summed E-state index contributed by atoms with van der Waals surface area (Å²) in [5, 5.41) is 7.69. The molecule has 1 amide bonds. The van der Waals surface area contributed by atoms with Crippen LogP contribution in [0.1, 0.15) is 27.2 Å². The minimum absolute atomic E-state index is 0.160. The second kappa shape index (κ2) is 8.19. The highest BCUT2D eigenvalue weighted by molar-refractivity contribution is 5.94. The van der Waals surface area contributed by atoms with Gasteiger partial charge < -0.3 is 9.73 Å². The average Bonchev–Trinajstić information content (AvgIpc) is 3.40. The van der Waals surface area contributed by atoms with Crippen molar-refractivity contribution in [1.29, 1.82) is 0 Å². The van der Waals surface area contributed by atoms with E-state index in [0.717, 1.165) is 23.2 Å². The number of nitrogens with one attached hydrogen (secondary N) is 1. The van der Waals surface area contributed by atoms with Crippen LogP contribution in [0.15, 0.2) is 77.4 Å². The summed E-state index contributed by atoms with van der Waals surface area (Å²) in [6, 6.07) is 21.7. The fourth-order valence-corrected chi connectivity index (χ4v) is 3.27. The van der Waals surface area contributed by atoms with Crippen molar-refractivity contribution in [2.45, 2.75) is 20.3 Å². The monoisotopic (exact) mass is 385 g/mol. The summed E-state index contributed by atoms with van der Waals surface area (Å²) in [5.74, 6) is 0.472. The molecule has 0 unspecified atom stereocenters. The van der Waals surface area contributed by atoms with Crippen LogP contribution in [-0.4, -0.2) is 22.2 Å². The van der Waals surface area contributed by atoms with Gasteiger partial charge in [-0.3, -0.25) is 4.79 Å². The van der Waals surface area contributed by atoms with E-state index in [0.29, 0.717) is 23.7 Å². The molecule has 0 saturated heterocycles. The fourth-order valence-electron chi connectivity index (χ4n) is 3.27. The van der Waals surface area contributed by atoms with E-state index in [1.54, 1.807) is 17.0 Å². The zero-order valence-corrected chi connectivity index (χ0v) is 16.6. The lowest BCUT2D eigenvalue weighted by atomic mass is 10.1. The van der Waals surface area contributed by atoms with Gasteiger partial charge >= 0.3 is 0 Å². The van der Waals surface area contributed by atoms with Crippen LogP contribution in [0.4, 0.5) is 0 Å². The van der Waals surface area contributed by atoms with Gasteiger partial charge in [-0.1, -0.05) is 42.5 Å². The second-order valence-electron chi connectivity index (χ2n) is 7.09. The van der Waals surface area contributed by atoms with Crippen molar-refractivity contribution in [2.24, 2.45) is 0 Å². The molecule has 0 fully saturated rings. The quantitative estimate of drug-likeness (QED) is 0.522. The molecule has 0 aliphatic carbocycles. The van der Waals surface area contributed by atoms with E-state index in [1.165, 1.54) is 5.56 Å². The number of rotatable bonds is 6. The molecular formula is C24H23N3O2. The van der Waals surface area contributed by atoms with Gasteiger partial charge in [0.15, 0.2) is 5.76 Å². The molecule has 5 nitrogen and oxygen atoms in total. The maximum absolute atomic E-state index is 13.0. The van der Waals surface area contributed by atoms with Gasteiger partial charge in [-0.05, 0) is 55.2 Å². The summed E-state index contributed by atoms with van der Waals surface area (Å²) in [6.45, 7) is 4.59. The zero-order chi connectivity index (χ0) is 20.2. The van der Waals surface area contributed by atoms with Crippen LogP contribution in [0.25, 0.3) is 17.1 Å². The Kier molecular flexibility index (Phi) is 5.29. The van der Waals surface area contributed by atoms with Crippen molar-refractivity contribution in [3.05, 3.63) is 95.4 Å². The van der Waals surface area contributed by atoms with Gasteiger partial charge in [-0.15, -0.1) is 0 Å². The lowest BCUT2D eigenvalue weighted by Gasteiger charge is -2.11. The molecule has 5 heteroatoms. The van der Waals surface area contributed by atoms with Crippen molar-refractivity contribution in [1.82, 2.24) is 15.1 Å². The number of hydrogen-bond acceptors (Lipinski definition) is 3. The largest absolute Gasteiger partial charge is 0.463 e. The molecule has 4 aromatic rings. The van der Waals surface area contributed by atoms with Crippen molar-refractivity contribution in [3.63, 3.8) is 0 Å². The van der Waals surface area contributed by atoms with Gasteiger partial charge in [0.05, 0.1) is 12.0 Å². The predicted octanol–water partition coefficient (Wildman–Crippen LogP) is 4.72. The Hall–Kier alpha value is -3.60. The van der Waals surface area contributed by atoms with Crippen LogP contribution < -0.4 is 5.32 Å². The average molecular weight is 385 g/mol. The third-order valence-electron chi connectivity index (χ3n) is 4.85. The van der Waals surface area contributed by atoms with Crippen LogP contribution >= 0.6 is 0 Å². The first-order valence-electron chi connectivity index (χ1n) is 9.65. The van der Waals surface area contributed by atoms with Crippen molar-refractivity contribution in [3.8, 4) is 17.1 Å². The minimum atomic E-state index is -0.160. The van der Waals surface area contributed by atoms with Gasteiger partial charge in [0.2, 0.25) is 0 Å². The third kappa shape index (κ3) is 4.14. The first-order valence-corrected chi connectivity index (χ1v) is 9.65. The van der Waals surface area contributed by atoms with Crippen molar-refractivity contribution in [2.75, 3.05) is 6.54 Å². The van der Waals surface area contributed by atoms with Gasteiger partial charge in [0, 0.05) is 12.6 Å². The molecule has 4 rings (SSSR count). The van der Waals surface area contributed by atoms with Crippen LogP contribution in [0.2, 0.25) is 0 Å². The van der Waals surface area contributed by atoms with Crippen molar-refractivity contribution >= 4 is 5.91 Å². The van der Waals surface area contributed by atoms with E-state index in [9.17, 15) is 4.79 Å². The number of carbonyl (C=O) groups excluding carboxylic acids is 1. The Morgan fingerprint density at radius 3 is 2.62 bits per heavy atom. The summed E-state index contributed by atoms with van der Waals surface area (Å²) in [4.78, 5) is 13.0. The lowest BCUT2D eigenvalue weighted by molar-refractivity contribution is 0.0946. The highest BCUT2D eigenvalue weighted by atomic mass is 16.3. The molecule has 1 N–H and O–H groups in total. The number of nitrogens with zero attached hydrogens (tertiary/aromatic N) is 2.